The third-order valence-corrected chi connectivity index (χ3v) is 3.82. The van der Waals surface area contributed by atoms with E-state index in [9.17, 15) is 9.59 Å². The molecule has 0 aliphatic rings. The van der Waals surface area contributed by atoms with Crippen molar-refractivity contribution < 1.29 is 14.3 Å². The van der Waals surface area contributed by atoms with Gasteiger partial charge in [0.1, 0.15) is 0 Å². The van der Waals surface area contributed by atoms with Crippen LogP contribution < -0.4 is 5.73 Å². The second-order valence-electron chi connectivity index (χ2n) is 5.67. The number of benzene rings is 2. The fraction of sp³-hybridized carbons (Fsp3) is 0.300. The highest BCUT2D eigenvalue weighted by molar-refractivity contribution is 5.99. The van der Waals surface area contributed by atoms with Crippen molar-refractivity contribution in [1.82, 2.24) is 0 Å². The second-order valence-corrected chi connectivity index (χ2v) is 5.67. The molecule has 126 valence electrons. The van der Waals surface area contributed by atoms with Crippen LogP contribution in [0.15, 0.2) is 54.6 Å². The molecular weight excluding hydrogens is 302 g/mol. The first-order valence-corrected chi connectivity index (χ1v) is 8.18. The van der Waals surface area contributed by atoms with Gasteiger partial charge in [0.25, 0.3) is 0 Å². The van der Waals surface area contributed by atoms with Crippen LogP contribution in [0.3, 0.4) is 0 Å². The number of carbonyl (C=O) groups excluding carboxylic acids is 2. The quantitative estimate of drug-likeness (QED) is 0.598. The summed E-state index contributed by atoms with van der Waals surface area (Å²) in [6.45, 7) is 2.19. The Kier molecular flexibility index (Phi) is 6.70. The van der Waals surface area contributed by atoms with E-state index in [1.54, 1.807) is 19.1 Å². The van der Waals surface area contributed by atoms with E-state index >= 15 is 0 Å². The third-order valence-electron chi connectivity index (χ3n) is 3.82. The van der Waals surface area contributed by atoms with Crippen molar-refractivity contribution >= 4 is 11.8 Å². The summed E-state index contributed by atoms with van der Waals surface area (Å²) in [6.07, 6.45) is 1.59. The molecule has 0 fully saturated rings. The Morgan fingerprint density at radius 3 is 2.25 bits per heavy atom. The van der Waals surface area contributed by atoms with Crippen LogP contribution in [0.25, 0.3) is 0 Å². The average Bonchev–Trinajstić information content (AvgIpc) is 2.61. The van der Waals surface area contributed by atoms with E-state index in [0.717, 1.165) is 17.5 Å². The largest absolute Gasteiger partial charge is 0.466 e. The van der Waals surface area contributed by atoms with Crippen molar-refractivity contribution in [3.8, 4) is 0 Å². The van der Waals surface area contributed by atoms with E-state index in [4.69, 9.17) is 10.5 Å². The molecule has 0 aliphatic carbocycles. The molecule has 2 aromatic carbocycles. The molecule has 0 aliphatic heterocycles. The Labute approximate surface area is 142 Å². The molecule has 0 heterocycles. The van der Waals surface area contributed by atoms with E-state index in [0.29, 0.717) is 18.6 Å². The van der Waals surface area contributed by atoms with Gasteiger partial charge in [0, 0.05) is 5.56 Å². The predicted octanol–water partition coefficient (Wildman–Crippen LogP) is 2.94. The number of hydrogen-bond acceptors (Lipinski definition) is 4. The predicted molar refractivity (Wildman–Crippen MR) is 93.8 cm³/mol. The first-order valence-electron chi connectivity index (χ1n) is 8.18. The van der Waals surface area contributed by atoms with Gasteiger partial charge in [-0.2, -0.15) is 0 Å². The molecule has 0 radical (unpaired) electrons. The van der Waals surface area contributed by atoms with Gasteiger partial charge in [0.05, 0.1) is 19.1 Å². The average molecular weight is 325 g/mol. The highest BCUT2D eigenvalue weighted by Crippen LogP contribution is 2.11. The zero-order valence-corrected chi connectivity index (χ0v) is 13.9. The smallest absolute Gasteiger partial charge is 0.310 e. The normalized spacial score (nSPS) is 11.8. The topological polar surface area (TPSA) is 69.4 Å². The summed E-state index contributed by atoms with van der Waals surface area (Å²) < 4.78 is 4.93. The molecule has 0 spiro atoms. The van der Waals surface area contributed by atoms with Crippen LogP contribution in [0.5, 0.6) is 0 Å². The van der Waals surface area contributed by atoms with Crippen LogP contribution in [0.4, 0.5) is 0 Å². The maximum Gasteiger partial charge on any atom is 0.310 e. The van der Waals surface area contributed by atoms with Gasteiger partial charge in [-0.3, -0.25) is 9.59 Å². The lowest BCUT2D eigenvalue weighted by Gasteiger charge is -2.11. The Morgan fingerprint density at radius 2 is 1.62 bits per heavy atom. The SMILES string of the molecule is CCOC(=O)Cc1ccc(CCC(N)C(=O)c2ccccc2)cc1. The van der Waals surface area contributed by atoms with E-state index < -0.39 is 6.04 Å². The number of hydrogen-bond donors (Lipinski definition) is 1. The summed E-state index contributed by atoms with van der Waals surface area (Å²) in [5.74, 6) is -0.254. The second kappa shape index (κ2) is 8.99. The van der Waals surface area contributed by atoms with Crippen molar-refractivity contribution in [2.45, 2.75) is 32.2 Å². The van der Waals surface area contributed by atoms with Gasteiger partial charge in [0.2, 0.25) is 0 Å². The minimum atomic E-state index is -0.508. The number of aryl methyl sites for hydroxylation is 1. The molecule has 2 N–H and O–H groups in total. The molecule has 0 bridgehead atoms. The monoisotopic (exact) mass is 325 g/mol. The van der Waals surface area contributed by atoms with Crippen LogP contribution in [0, 0.1) is 0 Å². The lowest BCUT2D eigenvalue weighted by atomic mass is 9.98. The summed E-state index contributed by atoms with van der Waals surface area (Å²) in [5, 5.41) is 0. The van der Waals surface area contributed by atoms with Crippen LogP contribution in [0.1, 0.15) is 34.8 Å². The van der Waals surface area contributed by atoms with Crippen molar-refractivity contribution in [3.05, 3.63) is 71.3 Å². The summed E-state index contributed by atoms with van der Waals surface area (Å²) in [4.78, 5) is 23.7. The molecule has 2 aromatic rings. The van der Waals surface area contributed by atoms with Gasteiger partial charge in [-0.05, 0) is 30.9 Å². The third kappa shape index (κ3) is 5.32. The number of nitrogens with two attached hydrogens (primary N) is 1. The number of esters is 1. The van der Waals surface area contributed by atoms with Crippen LogP contribution >= 0.6 is 0 Å². The van der Waals surface area contributed by atoms with E-state index in [1.165, 1.54) is 0 Å². The number of ether oxygens (including phenoxy) is 1. The zero-order valence-electron chi connectivity index (χ0n) is 13.9. The number of rotatable bonds is 8. The van der Waals surface area contributed by atoms with Crippen molar-refractivity contribution in [1.29, 1.82) is 0 Å². The van der Waals surface area contributed by atoms with Gasteiger partial charge in [0.15, 0.2) is 5.78 Å². The number of Topliss-reactive ketones (excluding diaryl/α,β-unsaturated/α-hetero) is 1. The molecule has 2 rings (SSSR count). The number of carbonyl (C=O) groups is 2. The fourth-order valence-corrected chi connectivity index (χ4v) is 2.47. The summed E-state index contributed by atoms with van der Waals surface area (Å²) in [6, 6.07) is 16.4. The zero-order chi connectivity index (χ0) is 17.4. The van der Waals surface area contributed by atoms with Crippen LogP contribution in [0.2, 0.25) is 0 Å². The van der Waals surface area contributed by atoms with Gasteiger partial charge in [-0.25, -0.2) is 0 Å². The molecule has 24 heavy (non-hydrogen) atoms. The van der Waals surface area contributed by atoms with Gasteiger partial charge in [-0.15, -0.1) is 0 Å². The van der Waals surface area contributed by atoms with Crippen molar-refractivity contribution in [2.75, 3.05) is 6.61 Å². The van der Waals surface area contributed by atoms with Gasteiger partial charge >= 0.3 is 5.97 Å². The van der Waals surface area contributed by atoms with Crippen LogP contribution in [-0.4, -0.2) is 24.4 Å². The first kappa shape index (κ1) is 17.9. The Balaban J connectivity index is 1.85. The lowest BCUT2D eigenvalue weighted by Crippen LogP contribution is -2.31. The Bertz CT molecular complexity index is 665. The fourth-order valence-electron chi connectivity index (χ4n) is 2.47. The molecule has 4 nitrogen and oxygen atoms in total. The van der Waals surface area contributed by atoms with Crippen LogP contribution in [-0.2, 0) is 22.4 Å². The molecule has 4 heteroatoms. The Hall–Kier alpha value is -2.46. The minimum Gasteiger partial charge on any atom is -0.466 e. The first-order chi connectivity index (χ1) is 11.6. The summed E-state index contributed by atoms with van der Waals surface area (Å²) in [5.41, 5.74) is 8.68. The standard InChI is InChI=1S/C20H23NO3/c1-2-24-19(22)14-16-10-8-15(9-11-16)12-13-18(21)20(23)17-6-4-3-5-7-17/h3-11,18H,2,12-14,21H2,1H3. The molecule has 0 amide bonds. The summed E-state index contributed by atoms with van der Waals surface area (Å²) >= 11 is 0. The van der Waals surface area contributed by atoms with Gasteiger partial charge < -0.3 is 10.5 Å². The molecule has 1 atom stereocenters. The van der Waals surface area contributed by atoms with E-state index in [1.807, 2.05) is 42.5 Å². The maximum absolute atomic E-state index is 12.2. The Morgan fingerprint density at radius 1 is 1.00 bits per heavy atom. The lowest BCUT2D eigenvalue weighted by molar-refractivity contribution is -0.142. The van der Waals surface area contributed by atoms with Crippen molar-refractivity contribution in [3.63, 3.8) is 0 Å². The molecule has 0 saturated carbocycles. The maximum atomic E-state index is 12.2. The summed E-state index contributed by atoms with van der Waals surface area (Å²) in [7, 11) is 0. The minimum absolute atomic E-state index is 0.0328. The number of ketones is 1. The highest BCUT2D eigenvalue weighted by Gasteiger charge is 2.15. The molecular formula is C20H23NO3. The van der Waals surface area contributed by atoms with E-state index in [-0.39, 0.29) is 18.2 Å². The van der Waals surface area contributed by atoms with E-state index in [2.05, 4.69) is 0 Å². The highest BCUT2D eigenvalue weighted by atomic mass is 16.5. The molecule has 0 saturated heterocycles. The van der Waals surface area contributed by atoms with Gasteiger partial charge in [-0.1, -0.05) is 54.6 Å². The molecule has 1 unspecified atom stereocenters. The van der Waals surface area contributed by atoms with Crippen molar-refractivity contribution in [2.24, 2.45) is 5.73 Å². The molecule has 0 aromatic heterocycles.